The first kappa shape index (κ1) is 22.8. The van der Waals surface area contributed by atoms with Crippen LogP contribution >= 0.6 is 11.3 Å². The van der Waals surface area contributed by atoms with Crippen LogP contribution < -0.4 is 14.8 Å². The first-order valence-corrected chi connectivity index (χ1v) is 9.86. The molecule has 160 valence electrons. The maximum Gasteiger partial charge on any atom is 0.422 e. The van der Waals surface area contributed by atoms with E-state index in [1.807, 2.05) is 31.2 Å². The summed E-state index contributed by atoms with van der Waals surface area (Å²) in [7, 11) is 3.31. The van der Waals surface area contributed by atoms with Crippen molar-refractivity contribution in [2.75, 3.05) is 27.3 Å². The molecule has 0 saturated carbocycles. The van der Waals surface area contributed by atoms with Crippen LogP contribution in [0.25, 0.3) is 0 Å². The van der Waals surface area contributed by atoms with Gasteiger partial charge in [0.2, 0.25) is 0 Å². The molecule has 29 heavy (non-hydrogen) atoms. The largest absolute Gasteiger partial charge is 0.493 e. The van der Waals surface area contributed by atoms with Crippen molar-refractivity contribution in [2.45, 2.75) is 33.1 Å². The molecule has 0 aliphatic carbocycles. The highest BCUT2D eigenvalue weighted by molar-refractivity contribution is 7.09. The summed E-state index contributed by atoms with van der Waals surface area (Å²) in [6.45, 7) is 4.22. The number of methoxy groups -OCH3 is 1. The van der Waals surface area contributed by atoms with E-state index in [1.165, 1.54) is 13.2 Å². The molecule has 0 spiro atoms. The minimum atomic E-state index is -4.41. The molecule has 0 saturated heterocycles. The summed E-state index contributed by atoms with van der Waals surface area (Å²) in [5, 5.41) is 6.25. The van der Waals surface area contributed by atoms with Crippen LogP contribution in [0.1, 0.15) is 23.2 Å². The lowest BCUT2D eigenvalue weighted by atomic mass is 10.2. The highest BCUT2D eigenvalue weighted by atomic mass is 32.1. The lowest BCUT2D eigenvalue weighted by Crippen LogP contribution is -2.38. The number of nitrogens with zero attached hydrogens (tertiary/aromatic N) is 3. The second kappa shape index (κ2) is 10.3. The summed E-state index contributed by atoms with van der Waals surface area (Å²) < 4.78 is 47.1. The Kier molecular flexibility index (Phi) is 8.12. The summed E-state index contributed by atoms with van der Waals surface area (Å²) >= 11 is 1.60. The Hall–Kier alpha value is -2.49. The predicted octanol–water partition coefficient (Wildman–Crippen LogP) is 4.00. The molecule has 0 amide bonds. The number of hydrogen-bond acceptors (Lipinski definition) is 5. The number of thiazole rings is 1. The molecule has 0 radical (unpaired) electrons. The Labute approximate surface area is 172 Å². The average Bonchev–Trinajstić information content (AvgIpc) is 3.07. The molecule has 0 unspecified atom stereocenters. The van der Waals surface area contributed by atoms with Crippen LogP contribution in [0.5, 0.6) is 11.5 Å². The highest BCUT2D eigenvalue weighted by Crippen LogP contribution is 2.30. The second-order valence-electron chi connectivity index (χ2n) is 6.27. The Morgan fingerprint density at radius 2 is 2.07 bits per heavy atom. The van der Waals surface area contributed by atoms with Crippen molar-refractivity contribution in [3.63, 3.8) is 0 Å². The first-order valence-electron chi connectivity index (χ1n) is 8.98. The number of benzene rings is 1. The van der Waals surface area contributed by atoms with E-state index in [-0.39, 0.29) is 11.5 Å². The maximum absolute atomic E-state index is 12.4. The van der Waals surface area contributed by atoms with Gasteiger partial charge in [-0.3, -0.25) is 0 Å². The Morgan fingerprint density at radius 1 is 1.31 bits per heavy atom. The number of alkyl halides is 3. The van der Waals surface area contributed by atoms with Crippen LogP contribution in [0.4, 0.5) is 13.2 Å². The van der Waals surface area contributed by atoms with Crippen LogP contribution in [-0.2, 0) is 13.1 Å². The van der Waals surface area contributed by atoms with Gasteiger partial charge in [0, 0.05) is 19.0 Å². The standard InChI is InChI=1S/C19H25F3N4O2S/c1-5-23-18(26(3)10-15-11-29-13(2)25-15)24-9-14-6-7-16(17(8-14)27-4)28-12-19(20,21)22/h6-8,11H,5,9-10,12H2,1-4H3,(H,23,24). The van der Waals surface area contributed by atoms with E-state index in [0.29, 0.717) is 25.6 Å². The van der Waals surface area contributed by atoms with Crippen molar-refractivity contribution in [3.05, 3.63) is 39.8 Å². The molecule has 1 N–H and O–H groups in total. The molecule has 1 heterocycles. The number of halogens is 3. The van der Waals surface area contributed by atoms with E-state index in [0.717, 1.165) is 16.3 Å². The van der Waals surface area contributed by atoms with Crippen LogP contribution in [0.15, 0.2) is 28.6 Å². The van der Waals surface area contributed by atoms with Gasteiger partial charge in [0.05, 0.1) is 30.9 Å². The molecule has 2 aromatic rings. The lowest BCUT2D eigenvalue weighted by molar-refractivity contribution is -0.153. The quantitative estimate of drug-likeness (QED) is 0.507. The Morgan fingerprint density at radius 3 is 2.66 bits per heavy atom. The minimum absolute atomic E-state index is 0.0421. The normalized spacial score (nSPS) is 12.0. The third kappa shape index (κ3) is 7.45. The van der Waals surface area contributed by atoms with Crippen LogP contribution in [-0.4, -0.2) is 49.3 Å². The van der Waals surface area contributed by atoms with Gasteiger partial charge in [-0.25, -0.2) is 9.98 Å². The molecule has 2 rings (SSSR count). The number of aromatic nitrogens is 1. The SMILES string of the molecule is CCNC(=NCc1ccc(OCC(F)(F)F)c(OC)c1)N(C)Cc1csc(C)n1. The summed E-state index contributed by atoms with van der Waals surface area (Å²) in [4.78, 5) is 11.0. The van der Waals surface area contributed by atoms with Crippen LogP contribution in [0.2, 0.25) is 0 Å². The van der Waals surface area contributed by atoms with Gasteiger partial charge in [-0.15, -0.1) is 11.3 Å². The molecular formula is C19H25F3N4O2S. The fourth-order valence-electron chi connectivity index (χ4n) is 2.52. The van der Waals surface area contributed by atoms with Gasteiger partial charge < -0.3 is 19.7 Å². The first-order chi connectivity index (χ1) is 13.7. The van der Waals surface area contributed by atoms with Gasteiger partial charge in [0.25, 0.3) is 0 Å². The summed E-state index contributed by atoms with van der Waals surface area (Å²) in [6.07, 6.45) is -4.41. The van der Waals surface area contributed by atoms with Gasteiger partial charge in [0.1, 0.15) is 0 Å². The Bertz CT molecular complexity index is 824. The van der Waals surface area contributed by atoms with E-state index < -0.39 is 12.8 Å². The number of nitrogens with one attached hydrogen (secondary N) is 1. The summed E-state index contributed by atoms with van der Waals surface area (Å²) in [5.41, 5.74) is 1.75. The highest BCUT2D eigenvalue weighted by Gasteiger charge is 2.29. The third-order valence-corrected chi connectivity index (χ3v) is 4.62. The maximum atomic E-state index is 12.4. The number of hydrogen-bond donors (Lipinski definition) is 1. The lowest BCUT2D eigenvalue weighted by Gasteiger charge is -2.21. The molecule has 0 atom stereocenters. The molecule has 6 nitrogen and oxygen atoms in total. The summed E-state index contributed by atoms with van der Waals surface area (Å²) in [5.74, 6) is 0.980. The van der Waals surface area contributed by atoms with E-state index in [2.05, 4.69) is 15.3 Å². The summed E-state index contributed by atoms with van der Waals surface area (Å²) in [6, 6.07) is 4.76. The number of guanidine groups is 1. The number of rotatable bonds is 8. The number of aryl methyl sites for hydroxylation is 1. The average molecular weight is 430 g/mol. The number of ether oxygens (including phenoxy) is 2. The molecular weight excluding hydrogens is 405 g/mol. The fourth-order valence-corrected chi connectivity index (χ4v) is 3.13. The topological polar surface area (TPSA) is 59.0 Å². The smallest absolute Gasteiger partial charge is 0.422 e. The fraction of sp³-hybridized carbons (Fsp3) is 0.474. The van der Waals surface area contributed by atoms with Gasteiger partial charge in [-0.2, -0.15) is 13.2 Å². The van der Waals surface area contributed by atoms with Gasteiger partial charge in [-0.1, -0.05) is 6.07 Å². The molecule has 1 aromatic carbocycles. The van der Waals surface area contributed by atoms with Crippen molar-refractivity contribution in [1.29, 1.82) is 0 Å². The van der Waals surface area contributed by atoms with Crippen molar-refractivity contribution >= 4 is 17.3 Å². The molecule has 0 bridgehead atoms. The van der Waals surface area contributed by atoms with E-state index in [1.54, 1.807) is 23.5 Å². The van der Waals surface area contributed by atoms with Gasteiger partial charge in [0.15, 0.2) is 24.1 Å². The van der Waals surface area contributed by atoms with Crippen molar-refractivity contribution in [2.24, 2.45) is 4.99 Å². The zero-order chi connectivity index (χ0) is 21.4. The Balaban J connectivity index is 2.09. The van der Waals surface area contributed by atoms with Crippen LogP contribution in [0.3, 0.4) is 0 Å². The molecule has 1 aromatic heterocycles. The second-order valence-corrected chi connectivity index (χ2v) is 7.34. The van der Waals surface area contributed by atoms with E-state index in [9.17, 15) is 13.2 Å². The molecule has 0 fully saturated rings. The molecule has 0 aliphatic heterocycles. The van der Waals surface area contributed by atoms with Crippen molar-refractivity contribution < 1.29 is 22.6 Å². The zero-order valence-electron chi connectivity index (χ0n) is 16.8. The molecule has 0 aliphatic rings. The zero-order valence-corrected chi connectivity index (χ0v) is 17.7. The van der Waals surface area contributed by atoms with Crippen molar-refractivity contribution in [3.8, 4) is 11.5 Å². The number of aliphatic imine (C=N–C) groups is 1. The minimum Gasteiger partial charge on any atom is -0.493 e. The van der Waals surface area contributed by atoms with Crippen molar-refractivity contribution in [1.82, 2.24) is 15.2 Å². The predicted molar refractivity (Wildman–Crippen MR) is 108 cm³/mol. The van der Waals surface area contributed by atoms with Gasteiger partial charge >= 0.3 is 6.18 Å². The van der Waals surface area contributed by atoms with Crippen LogP contribution in [0, 0.1) is 6.92 Å². The van der Waals surface area contributed by atoms with Gasteiger partial charge in [-0.05, 0) is 31.5 Å². The molecule has 10 heteroatoms. The third-order valence-electron chi connectivity index (χ3n) is 3.79. The van der Waals surface area contributed by atoms with E-state index >= 15 is 0 Å². The van der Waals surface area contributed by atoms with E-state index in [4.69, 9.17) is 9.47 Å². The monoisotopic (exact) mass is 430 g/mol.